The normalized spacial score (nSPS) is 23.3. The van der Waals surface area contributed by atoms with Crippen molar-refractivity contribution in [1.29, 1.82) is 0 Å². The average Bonchev–Trinajstić information content (AvgIpc) is 3.13. The monoisotopic (exact) mass is 507 g/mol. The Kier molecular flexibility index (Phi) is 7.23. The summed E-state index contributed by atoms with van der Waals surface area (Å²) in [4.78, 5) is 41.8. The van der Waals surface area contributed by atoms with Crippen LogP contribution in [0.2, 0.25) is 5.02 Å². The number of aliphatic hydroxyl groups excluding tert-OH is 1. The second-order valence-corrected chi connectivity index (χ2v) is 10.2. The molecule has 1 saturated carbocycles. The van der Waals surface area contributed by atoms with Gasteiger partial charge in [0.1, 0.15) is 6.04 Å². The van der Waals surface area contributed by atoms with Crippen LogP contribution in [0.5, 0.6) is 0 Å². The summed E-state index contributed by atoms with van der Waals surface area (Å²) < 4.78 is 0. The molecule has 1 saturated heterocycles. The molecule has 5 rings (SSSR count). The van der Waals surface area contributed by atoms with Crippen molar-refractivity contribution in [3.63, 3.8) is 0 Å². The number of anilines is 1. The summed E-state index contributed by atoms with van der Waals surface area (Å²) in [6.07, 6.45) is 9.53. The van der Waals surface area contributed by atoms with E-state index >= 15 is 0 Å². The summed E-state index contributed by atoms with van der Waals surface area (Å²) in [7, 11) is 0. The van der Waals surface area contributed by atoms with Crippen LogP contribution in [0.25, 0.3) is 6.08 Å². The molecule has 7 nitrogen and oxygen atoms in total. The maximum atomic E-state index is 13.3. The third-order valence-electron chi connectivity index (χ3n) is 7.41. The van der Waals surface area contributed by atoms with E-state index in [4.69, 9.17) is 11.6 Å². The number of likely N-dealkylation sites (tertiary alicyclic amines) is 1. The number of nitrogens with zero attached hydrogens (tertiary/aromatic N) is 2. The largest absolute Gasteiger partial charge is 0.395 e. The zero-order chi connectivity index (χ0) is 25.2. The predicted molar refractivity (Wildman–Crippen MR) is 139 cm³/mol. The fourth-order valence-corrected chi connectivity index (χ4v) is 5.73. The summed E-state index contributed by atoms with van der Waals surface area (Å²) in [5, 5.41) is 13.8. The van der Waals surface area contributed by atoms with Crippen molar-refractivity contribution in [2.75, 3.05) is 18.1 Å². The maximum Gasteiger partial charge on any atom is 0.299 e. The van der Waals surface area contributed by atoms with Gasteiger partial charge >= 0.3 is 0 Å². The molecule has 3 atom stereocenters. The number of nitrogens with one attached hydrogen (secondary N) is 1. The van der Waals surface area contributed by atoms with E-state index in [1.54, 1.807) is 12.1 Å². The first-order chi connectivity index (χ1) is 17.5. The van der Waals surface area contributed by atoms with E-state index in [0.29, 0.717) is 10.7 Å². The molecule has 188 valence electrons. The van der Waals surface area contributed by atoms with Gasteiger partial charge in [-0.1, -0.05) is 73.3 Å². The summed E-state index contributed by atoms with van der Waals surface area (Å²) in [5.74, 6) is -1.26. The van der Waals surface area contributed by atoms with E-state index < -0.39 is 23.8 Å². The molecule has 0 bridgehead atoms. The van der Waals surface area contributed by atoms with Gasteiger partial charge in [-0.3, -0.25) is 19.7 Å². The molecule has 36 heavy (non-hydrogen) atoms. The second-order valence-electron chi connectivity index (χ2n) is 9.73. The zero-order valence-electron chi connectivity index (χ0n) is 20.0. The number of amides is 2. The van der Waals surface area contributed by atoms with Crippen molar-refractivity contribution in [3.8, 4) is 0 Å². The van der Waals surface area contributed by atoms with Crippen molar-refractivity contribution in [1.82, 2.24) is 10.2 Å². The highest BCUT2D eigenvalue weighted by atomic mass is 35.5. The fraction of sp³-hybridized carbons (Fsp3) is 0.393. The van der Waals surface area contributed by atoms with E-state index in [1.807, 2.05) is 41.3 Å². The van der Waals surface area contributed by atoms with Crippen LogP contribution >= 0.6 is 11.6 Å². The quantitative estimate of drug-likeness (QED) is 0.422. The Morgan fingerprint density at radius 3 is 2.53 bits per heavy atom. The number of aliphatic hydroxyl groups is 1. The van der Waals surface area contributed by atoms with E-state index in [0.717, 1.165) is 31.2 Å². The van der Waals surface area contributed by atoms with E-state index in [2.05, 4.69) is 11.4 Å². The molecule has 2 aromatic carbocycles. The molecule has 0 spiro atoms. The minimum Gasteiger partial charge on any atom is -0.395 e. The van der Waals surface area contributed by atoms with Crippen LogP contribution in [0.4, 0.5) is 5.69 Å². The van der Waals surface area contributed by atoms with Gasteiger partial charge in [0.15, 0.2) is 0 Å². The van der Waals surface area contributed by atoms with Crippen LogP contribution in [-0.4, -0.2) is 64.9 Å². The van der Waals surface area contributed by atoms with Gasteiger partial charge in [-0.25, -0.2) is 0 Å². The SMILES string of the molecule is O=C1C(=O)N(CC(CO)N[C@@H]2C(=O)N(C3CCCCC3)[C@@H]2/C=C/c2ccccc2)c2ccc(Cl)cc21. The molecule has 2 fully saturated rings. The van der Waals surface area contributed by atoms with Gasteiger partial charge in [-0.2, -0.15) is 0 Å². The molecule has 0 radical (unpaired) electrons. The lowest BCUT2D eigenvalue weighted by atomic mass is 9.85. The van der Waals surface area contributed by atoms with Gasteiger partial charge in [0.05, 0.1) is 23.9 Å². The Morgan fingerprint density at radius 1 is 1.06 bits per heavy atom. The first-order valence-corrected chi connectivity index (χ1v) is 12.9. The standard InChI is InChI=1S/C28H30ClN3O4/c29-19-12-14-23-22(15-19)26(34)28(36)31(23)16-20(17-33)30-25-24(13-11-18-7-3-1-4-8-18)32(27(25)35)21-9-5-2-6-10-21/h1,3-4,7-8,11-15,20-21,24-25,30,33H,2,5-6,9-10,16-17H2/b13-11+/t20?,24-,25+/m1/s1. The number of hydrogen-bond acceptors (Lipinski definition) is 5. The van der Waals surface area contributed by atoms with Gasteiger partial charge in [0.25, 0.3) is 11.7 Å². The van der Waals surface area contributed by atoms with Crippen LogP contribution in [-0.2, 0) is 9.59 Å². The molecule has 2 N–H and O–H groups in total. The third-order valence-corrected chi connectivity index (χ3v) is 7.64. The minimum atomic E-state index is -0.656. The molecule has 2 aromatic rings. The van der Waals surface area contributed by atoms with Gasteiger partial charge in [-0.15, -0.1) is 0 Å². The summed E-state index contributed by atoms with van der Waals surface area (Å²) >= 11 is 6.01. The molecule has 2 amide bonds. The Morgan fingerprint density at radius 2 is 1.81 bits per heavy atom. The Bertz CT molecular complexity index is 1180. The predicted octanol–water partition coefficient (Wildman–Crippen LogP) is 3.45. The Hall–Kier alpha value is -3.00. The van der Waals surface area contributed by atoms with Crippen molar-refractivity contribution < 1.29 is 19.5 Å². The fourth-order valence-electron chi connectivity index (χ4n) is 5.55. The number of carbonyl (C=O) groups is 3. The maximum absolute atomic E-state index is 13.3. The molecule has 2 heterocycles. The lowest BCUT2D eigenvalue weighted by molar-refractivity contribution is -0.154. The van der Waals surface area contributed by atoms with Gasteiger partial charge < -0.3 is 14.9 Å². The van der Waals surface area contributed by atoms with Crippen LogP contribution in [0, 0.1) is 0 Å². The Balaban J connectivity index is 1.34. The van der Waals surface area contributed by atoms with Crippen molar-refractivity contribution >= 4 is 41.0 Å². The lowest BCUT2D eigenvalue weighted by Gasteiger charge is -2.52. The highest BCUT2D eigenvalue weighted by Crippen LogP contribution is 2.34. The summed E-state index contributed by atoms with van der Waals surface area (Å²) in [5.41, 5.74) is 1.78. The number of Topliss-reactive ketones (excluding diaryl/α,β-unsaturated/α-hetero) is 1. The van der Waals surface area contributed by atoms with Gasteiger partial charge in [-0.05, 0) is 36.6 Å². The van der Waals surface area contributed by atoms with Gasteiger partial charge in [0, 0.05) is 23.7 Å². The molecule has 0 aromatic heterocycles. The topological polar surface area (TPSA) is 90.0 Å². The zero-order valence-corrected chi connectivity index (χ0v) is 20.7. The number of benzene rings is 2. The Labute approximate surface area is 215 Å². The van der Waals surface area contributed by atoms with Crippen LogP contribution < -0.4 is 10.2 Å². The first-order valence-electron chi connectivity index (χ1n) is 12.6. The number of fused-ring (bicyclic) bond motifs is 1. The highest BCUT2D eigenvalue weighted by Gasteiger charge is 2.50. The summed E-state index contributed by atoms with van der Waals surface area (Å²) in [6.45, 7) is -0.221. The first kappa shape index (κ1) is 24.7. The smallest absolute Gasteiger partial charge is 0.299 e. The average molecular weight is 508 g/mol. The molecule has 8 heteroatoms. The number of halogens is 1. The molecule has 1 unspecified atom stereocenters. The number of carbonyl (C=O) groups excluding carboxylic acids is 3. The summed E-state index contributed by atoms with van der Waals surface area (Å²) in [6, 6.07) is 13.7. The number of rotatable bonds is 8. The van der Waals surface area contributed by atoms with Crippen LogP contribution in [0.1, 0.15) is 48.0 Å². The molecular weight excluding hydrogens is 478 g/mol. The van der Waals surface area contributed by atoms with E-state index in [-0.39, 0.29) is 36.7 Å². The number of hydrogen-bond donors (Lipinski definition) is 2. The third kappa shape index (κ3) is 4.71. The molecule has 1 aliphatic carbocycles. The van der Waals surface area contributed by atoms with E-state index in [1.165, 1.54) is 17.4 Å². The second kappa shape index (κ2) is 10.5. The minimum absolute atomic E-state index is 0.0130. The van der Waals surface area contributed by atoms with Crippen molar-refractivity contribution in [2.45, 2.75) is 56.3 Å². The molecule has 2 aliphatic heterocycles. The number of ketones is 1. The van der Waals surface area contributed by atoms with Gasteiger partial charge in [0.2, 0.25) is 5.91 Å². The van der Waals surface area contributed by atoms with Crippen molar-refractivity contribution in [2.24, 2.45) is 0 Å². The molecular formula is C28H30ClN3O4. The van der Waals surface area contributed by atoms with E-state index in [9.17, 15) is 19.5 Å². The molecule has 3 aliphatic rings. The lowest BCUT2D eigenvalue weighted by Crippen LogP contribution is -2.73. The highest BCUT2D eigenvalue weighted by molar-refractivity contribution is 6.52. The van der Waals surface area contributed by atoms with Crippen LogP contribution in [0.3, 0.4) is 0 Å². The van der Waals surface area contributed by atoms with Crippen molar-refractivity contribution in [3.05, 3.63) is 70.8 Å². The number of β-lactam (4-membered cyclic amide) rings is 1. The van der Waals surface area contributed by atoms with Crippen LogP contribution in [0.15, 0.2) is 54.6 Å².